The van der Waals surface area contributed by atoms with Crippen molar-refractivity contribution in [3.63, 3.8) is 0 Å². The molecule has 1 aromatic carbocycles. The van der Waals surface area contributed by atoms with E-state index < -0.39 is 27.3 Å². The number of aliphatic carboxylic acids is 1. The minimum absolute atomic E-state index is 0.437. The van der Waals surface area contributed by atoms with Crippen LogP contribution < -0.4 is 14.2 Å². The number of carbonyl (C=O) groups is 1. The van der Waals surface area contributed by atoms with Crippen molar-refractivity contribution in [1.82, 2.24) is 4.72 Å². The molecule has 0 saturated heterocycles. The largest absolute Gasteiger partial charge is 0.486 e. The molecule has 0 radical (unpaired) electrons. The van der Waals surface area contributed by atoms with Crippen molar-refractivity contribution in [2.45, 2.75) is 25.1 Å². The topological polar surface area (TPSA) is 102 Å². The molecule has 8 heteroatoms. The van der Waals surface area contributed by atoms with Gasteiger partial charge in [-0.2, -0.15) is 0 Å². The van der Waals surface area contributed by atoms with Crippen molar-refractivity contribution < 1.29 is 27.8 Å². The van der Waals surface area contributed by atoms with Crippen molar-refractivity contribution in [3.8, 4) is 11.5 Å². The van der Waals surface area contributed by atoms with Crippen LogP contribution >= 0.6 is 0 Å². The Bertz CT molecular complexity index is 642. The van der Waals surface area contributed by atoms with Crippen molar-refractivity contribution in [2.75, 3.05) is 13.2 Å². The Balaban J connectivity index is 2.17. The highest BCUT2D eigenvalue weighted by atomic mass is 32.2. The van der Waals surface area contributed by atoms with Crippen LogP contribution in [0, 0.1) is 0 Å². The zero-order chi connectivity index (χ0) is 15.6. The third-order valence-corrected chi connectivity index (χ3v) is 5.04. The van der Waals surface area contributed by atoms with Gasteiger partial charge in [0.15, 0.2) is 16.7 Å². The fourth-order valence-electron chi connectivity index (χ4n) is 1.88. The Morgan fingerprint density at radius 3 is 2.48 bits per heavy atom. The van der Waals surface area contributed by atoms with Gasteiger partial charge >= 0.3 is 5.97 Å². The summed E-state index contributed by atoms with van der Waals surface area (Å²) in [5.74, 6) is -0.230. The summed E-state index contributed by atoms with van der Waals surface area (Å²) in [7, 11) is -3.95. The first-order valence-electron chi connectivity index (χ1n) is 6.45. The fraction of sp³-hybridized carbons (Fsp3) is 0.462. The van der Waals surface area contributed by atoms with Crippen molar-refractivity contribution >= 4 is 16.0 Å². The quantitative estimate of drug-likeness (QED) is 0.837. The maximum Gasteiger partial charge on any atom is 0.323 e. The van der Waals surface area contributed by atoms with E-state index in [2.05, 4.69) is 4.72 Å². The first-order chi connectivity index (χ1) is 9.81. The van der Waals surface area contributed by atoms with Crippen LogP contribution in [-0.4, -0.2) is 38.0 Å². The lowest BCUT2D eigenvalue weighted by molar-refractivity contribution is -0.136. The molecule has 1 aliphatic heterocycles. The Kier molecular flexibility index (Phi) is 4.38. The van der Waals surface area contributed by atoms with Crippen LogP contribution in [0.15, 0.2) is 18.2 Å². The van der Waals surface area contributed by atoms with Gasteiger partial charge in [0.25, 0.3) is 0 Å². The molecule has 21 heavy (non-hydrogen) atoms. The number of nitrogens with one attached hydrogen (secondary N) is 1. The van der Waals surface area contributed by atoms with Crippen molar-refractivity contribution in [2.24, 2.45) is 0 Å². The lowest BCUT2D eigenvalue weighted by Gasteiger charge is -2.21. The number of hydrogen-bond donors (Lipinski definition) is 2. The number of carboxylic acids is 1. The summed E-state index contributed by atoms with van der Waals surface area (Å²) in [4.78, 5) is 10.8. The van der Waals surface area contributed by atoms with E-state index in [0.717, 1.165) is 6.92 Å². The number of sulfonamides is 1. The molecule has 0 bridgehead atoms. The van der Waals surface area contributed by atoms with E-state index in [1.165, 1.54) is 0 Å². The monoisotopic (exact) mass is 315 g/mol. The van der Waals surface area contributed by atoms with Gasteiger partial charge in [-0.15, -0.1) is 0 Å². The lowest BCUT2D eigenvalue weighted by Crippen LogP contribution is -2.38. The zero-order valence-corrected chi connectivity index (χ0v) is 12.5. The third-order valence-electron chi connectivity index (χ3n) is 3.22. The van der Waals surface area contributed by atoms with Gasteiger partial charge in [0, 0.05) is 6.04 Å². The van der Waals surface area contributed by atoms with Crippen LogP contribution in [-0.2, 0) is 14.8 Å². The van der Waals surface area contributed by atoms with Crippen LogP contribution in [0.25, 0.3) is 0 Å². The lowest BCUT2D eigenvalue weighted by atomic mass is 10.1. The van der Waals surface area contributed by atoms with Gasteiger partial charge in [-0.3, -0.25) is 4.79 Å². The molecule has 0 aliphatic carbocycles. The van der Waals surface area contributed by atoms with E-state index in [-0.39, 0.29) is 0 Å². The predicted octanol–water partition coefficient (Wildman–Crippen LogP) is 0.911. The Morgan fingerprint density at radius 1 is 1.24 bits per heavy atom. The van der Waals surface area contributed by atoms with Gasteiger partial charge in [-0.05, 0) is 31.5 Å². The molecular weight excluding hydrogens is 298 g/mol. The average molecular weight is 315 g/mol. The van der Waals surface area contributed by atoms with Gasteiger partial charge in [0.05, 0.1) is 0 Å². The average Bonchev–Trinajstić information content (AvgIpc) is 2.45. The summed E-state index contributed by atoms with van der Waals surface area (Å²) in [6.07, 6.45) is 0. The molecule has 2 N–H and O–H groups in total. The first kappa shape index (κ1) is 15.6. The maximum absolute atomic E-state index is 11.9. The standard InChI is InChI=1S/C13H17NO6S/c1-8(14-21(17,18)9(2)13(15)16)10-3-4-11-12(7-10)20-6-5-19-11/h3-4,7-9,14H,5-6H2,1-2H3,(H,15,16). The van der Waals surface area contributed by atoms with Gasteiger partial charge in [0.1, 0.15) is 13.2 Å². The van der Waals surface area contributed by atoms with E-state index in [1.807, 2.05) is 0 Å². The molecule has 1 aliphatic rings. The Morgan fingerprint density at radius 2 is 1.86 bits per heavy atom. The summed E-state index contributed by atoms with van der Waals surface area (Å²) in [5, 5.41) is 7.29. The second-order valence-electron chi connectivity index (χ2n) is 4.77. The molecule has 116 valence electrons. The van der Waals surface area contributed by atoms with Crippen LogP contribution in [0.1, 0.15) is 25.5 Å². The van der Waals surface area contributed by atoms with E-state index in [4.69, 9.17) is 14.6 Å². The molecule has 0 fully saturated rings. The van der Waals surface area contributed by atoms with Gasteiger partial charge in [-0.1, -0.05) is 6.07 Å². The molecule has 2 rings (SSSR count). The van der Waals surface area contributed by atoms with Gasteiger partial charge < -0.3 is 14.6 Å². The normalized spacial score (nSPS) is 17.0. The van der Waals surface area contributed by atoms with E-state index in [1.54, 1.807) is 25.1 Å². The number of carboxylic acid groups (broad SMARTS) is 1. The molecule has 2 atom stereocenters. The minimum Gasteiger partial charge on any atom is -0.486 e. The Labute approximate surface area is 122 Å². The van der Waals surface area contributed by atoms with Crippen LogP contribution in [0.2, 0.25) is 0 Å². The highest BCUT2D eigenvalue weighted by molar-refractivity contribution is 7.90. The number of hydrogen-bond acceptors (Lipinski definition) is 5. The molecule has 0 spiro atoms. The maximum atomic E-state index is 11.9. The van der Waals surface area contributed by atoms with Crippen LogP contribution in [0.4, 0.5) is 0 Å². The second kappa shape index (κ2) is 5.90. The number of rotatable bonds is 5. The minimum atomic E-state index is -3.95. The molecule has 1 heterocycles. The molecule has 0 amide bonds. The van der Waals surface area contributed by atoms with Gasteiger partial charge in [-0.25, -0.2) is 13.1 Å². The SMILES string of the molecule is CC(NS(=O)(=O)C(C)C(=O)O)c1ccc2c(c1)OCCO2. The molecular formula is C13H17NO6S. The van der Waals surface area contributed by atoms with E-state index in [0.29, 0.717) is 30.3 Å². The van der Waals surface area contributed by atoms with Crippen LogP contribution in [0.3, 0.4) is 0 Å². The summed E-state index contributed by atoms with van der Waals surface area (Å²) in [6, 6.07) is 4.53. The summed E-state index contributed by atoms with van der Waals surface area (Å²) >= 11 is 0. The highest BCUT2D eigenvalue weighted by Crippen LogP contribution is 2.32. The predicted molar refractivity (Wildman–Crippen MR) is 75.0 cm³/mol. The fourth-order valence-corrected chi connectivity index (χ4v) is 2.98. The zero-order valence-electron chi connectivity index (χ0n) is 11.7. The molecule has 2 unspecified atom stereocenters. The van der Waals surface area contributed by atoms with Gasteiger partial charge in [0.2, 0.25) is 10.0 Å². The molecule has 0 aromatic heterocycles. The summed E-state index contributed by atoms with van der Waals surface area (Å²) in [6.45, 7) is 3.68. The van der Waals surface area contributed by atoms with Crippen molar-refractivity contribution in [3.05, 3.63) is 23.8 Å². The first-order valence-corrected chi connectivity index (χ1v) is 7.99. The van der Waals surface area contributed by atoms with E-state index in [9.17, 15) is 13.2 Å². The number of ether oxygens (including phenoxy) is 2. The van der Waals surface area contributed by atoms with Crippen LogP contribution in [0.5, 0.6) is 11.5 Å². The summed E-state index contributed by atoms with van der Waals surface area (Å²) < 4.78 is 37.0. The number of benzene rings is 1. The molecule has 7 nitrogen and oxygen atoms in total. The number of fused-ring (bicyclic) bond motifs is 1. The molecule has 0 saturated carbocycles. The Hall–Kier alpha value is -1.80. The third kappa shape index (κ3) is 3.45. The summed E-state index contributed by atoms with van der Waals surface area (Å²) in [5.41, 5.74) is 0.667. The van der Waals surface area contributed by atoms with E-state index >= 15 is 0 Å². The highest BCUT2D eigenvalue weighted by Gasteiger charge is 2.29. The second-order valence-corrected chi connectivity index (χ2v) is 6.80. The van der Waals surface area contributed by atoms with Crippen molar-refractivity contribution in [1.29, 1.82) is 0 Å². The molecule has 1 aromatic rings. The smallest absolute Gasteiger partial charge is 0.323 e.